The fourth-order valence-corrected chi connectivity index (χ4v) is 4.38. The molecule has 0 spiro atoms. The van der Waals surface area contributed by atoms with Gasteiger partial charge in [-0.05, 0) is 36.0 Å². The standard InChI is InChI=1S/C23H25NO3/c25-21-13-7-6-12-20(21)22-19-11-5-4-10-18(19)14-15-24(22)23(26)27-16-17-8-2-1-3-9-17/h1-5,8-11,20,22H,6-7,12-16H2. The van der Waals surface area contributed by atoms with Gasteiger partial charge in [-0.2, -0.15) is 0 Å². The van der Waals surface area contributed by atoms with E-state index < -0.39 is 0 Å². The second-order valence-corrected chi connectivity index (χ2v) is 7.45. The van der Waals surface area contributed by atoms with Gasteiger partial charge in [0.1, 0.15) is 12.4 Å². The van der Waals surface area contributed by atoms with Gasteiger partial charge in [0.2, 0.25) is 0 Å². The van der Waals surface area contributed by atoms with Crippen LogP contribution in [0.5, 0.6) is 0 Å². The van der Waals surface area contributed by atoms with Crippen LogP contribution in [0, 0.1) is 5.92 Å². The summed E-state index contributed by atoms with van der Waals surface area (Å²) in [6.07, 6.45) is 3.95. The lowest BCUT2D eigenvalue weighted by atomic mass is 9.76. The Bertz CT molecular complexity index is 817. The number of rotatable bonds is 3. The molecule has 2 unspecified atom stereocenters. The second kappa shape index (κ2) is 7.95. The number of hydrogen-bond acceptors (Lipinski definition) is 3. The lowest BCUT2D eigenvalue weighted by Gasteiger charge is -2.41. The molecule has 1 fully saturated rings. The first-order valence-electron chi connectivity index (χ1n) is 9.82. The Labute approximate surface area is 160 Å². The van der Waals surface area contributed by atoms with Crippen LogP contribution >= 0.6 is 0 Å². The minimum atomic E-state index is -0.322. The van der Waals surface area contributed by atoms with Crippen LogP contribution in [-0.4, -0.2) is 23.3 Å². The van der Waals surface area contributed by atoms with E-state index in [1.807, 2.05) is 42.5 Å². The first kappa shape index (κ1) is 17.8. The summed E-state index contributed by atoms with van der Waals surface area (Å²) in [6.45, 7) is 0.849. The molecule has 2 aromatic rings. The van der Waals surface area contributed by atoms with Gasteiger partial charge >= 0.3 is 6.09 Å². The monoisotopic (exact) mass is 363 g/mol. The zero-order chi connectivity index (χ0) is 18.6. The van der Waals surface area contributed by atoms with Crippen molar-refractivity contribution in [2.24, 2.45) is 5.92 Å². The molecule has 4 heteroatoms. The molecule has 0 saturated heterocycles. The number of hydrogen-bond donors (Lipinski definition) is 0. The van der Waals surface area contributed by atoms with Crippen LogP contribution in [0.25, 0.3) is 0 Å². The summed E-state index contributed by atoms with van der Waals surface area (Å²) in [6, 6.07) is 17.7. The molecule has 4 rings (SSSR count). The Morgan fingerprint density at radius 2 is 1.78 bits per heavy atom. The van der Waals surface area contributed by atoms with Crippen molar-refractivity contribution in [3.8, 4) is 0 Å². The highest BCUT2D eigenvalue weighted by molar-refractivity contribution is 5.83. The molecule has 2 aliphatic rings. The SMILES string of the molecule is O=C1CCCCC1C1c2ccccc2CCN1C(=O)OCc1ccccc1. The van der Waals surface area contributed by atoms with Crippen molar-refractivity contribution in [1.82, 2.24) is 4.90 Å². The third-order valence-electron chi connectivity index (χ3n) is 5.75. The summed E-state index contributed by atoms with van der Waals surface area (Å²) in [5.74, 6) is 0.160. The van der Waals surface area contributed by atoms with Crippen molar-refractivity contribution in [3.63, 3.8) is 0 Å². The average Bonchev–Trinajstić information content (AvgIpc) is 2.72. The van der Waals surface area contributed by atoms with E-state index in [2.05, 4.69) is 12.1 Å². The Morgan fingerprint density at radius 3 is 2.59 bits per heavy atom. The van der Waals surface area contributed by atoms with Crippen LogP contribution in [0.15, 0.2) is 54.6 Å². The zero-order valence-corrected chi connectivity index (χ0v) is 15.5. The fourth-order valence-electron chi connectivity index (χ4n) is 4.38. The molecule has 1 amide bonds. The Hall–Kier alpha value is -2.62. The van der Waals surface area contributed by atoms with Gasteiger partial charge in [0.05, 0.1) is 6.04 Å². The van der Waals surface area contributed by atoms with Crippen molar-refractivity contribution in [3.05, 3.63) is 71.3 Å². The topological polar surface area (TPSA) is 46.6 Å². The molecule has 0 bridgehead atoms. The van der Waals surface area contributed by atoms with E-state index in [0.717, 1.165) is 36.8 Å². The first-order valence-corrected chi connectivity index (χ1v) is 9.82. The van der Waals surface area contributed by atoms with Crippen molar-refractivity contribution < 1.29 is 14.3 Å². The van der Waals surface area contributed by atoms with Gasteiger partial charge in [0.25, 0.3) is 0 Å². The Balaban J connectivity index is 1.58. The number of benzene rings is 2. The van der Waals surface area contributed by atoms with Crippen LogP contribution in [-0.2, 0) is 22.6 Å². The minimum Gasteiger partial charge on any atom is -0.445 e. The van der Waals surface area contributed by atoms with E-state index in [0.29, 0.717) is 13.0 Å². The van der Waals surface area contributed by atoms with E-state index in [1.54, 1.807) is 4.90 Å². The highest BCUT2D eigenvalue weighted by atomic mass is 16.6. The van der Waals surface area contributed by atoms with Gasteiger partial charge in [-0.1, -0.05) is 61.0 Å². The number of ether oxygens (including phenoxy) is 1. The number of carbonyl (C=O) groups excluding carboxylic acids is 2. The molecule has 1 saturated carbocycles. The molecule has 1 aliphatic heterocycles. The number of nitrogens with zero attached hydrogens (tertiary/aromatic N) is 1. The Kier molecular flexibility index (Phi) is 5.23. The van der Waals surface area contributed by atoms with Crippen LogP contribution in [0.3, 0.4) is 0 Å². The summed E-state index contributed by atoms with van der Waals surface area (Å²) in [7, 11) is 0. The van der Waals surface area contributed by atoms with Gasteiger partial charge in [-0.25, -0.2) is 4.79 Å². The molecule has 27 heavy (non-hydrogen) atoms. The van der Waals surface area contributed by atoms with Crippen LogP contribution in [0.2, 0.25) is 0 Å². The molecule has 4 nitrogen and oxygen atoms in total. The second-order valence-electron chi connectivity index (χ2n) is 7.45. The number of amides is 1. The lowest BCUT2D eigenvalue weighted by molar-refractivity contribution is -0.127. The summed E-state index contributed by atoms with van der Waals surface area (Å²) < 4.78 is 5.61. The van der Waals surface area contributed by atoms with Gasteiger partial charge in [-0.15, -0.1) is 0 Å². The predicted molar refractivity (Wildman–Crippen MR) is 103 cm³/mol. The predicted octanol–water partition coefficient (Wildman–Crippen LogP) is 4.68. The van der Waals surface area contributed by atoms with Crippen molar-refractivity contribution in [1.29, 1.82) is 0 Å². The van der Waals surface area contributed by atoms with Gasteiger partial charge in [-0.3, -0.25) is 4.79 Å². The van der Waals surface area contributed by atoms with E-state index in [9.17, 15) is 9.59 Å². The fraction of sp³-hybridized carbons (Fsp3) is 0.391. The number of ketones is 1. The molecule has 140 valence electrons. The van der Waals surface area contributed by atoms with Gasteiger partial charge < -0.3 is 9.64 Å². The van der Waals surface area contributed by atoms with Crippen molar-refractivity contribution in [2.45, 2.75) is 44.8 Å². The molecule has 1 aliphatic carbocycles. The molecule has 2 atom stereocenters. The third kappa shape index (κ3) is 3.75. The van der Waals surface area contributed by atoms with Crippen LogP contribution in [0.1, 0.15) is 48.4 Å². The maximum Gasteiger partial charge on any atom is 0.410 e. The maximum absolute atomic E-state index is 12.9. The van der Waals surface area contributed by atoms with Crippen LogP contribution in [0.4, 0.5) is 4.79 Å². The molecular weight excluding hydrogens is 338 g/mol. The van der Waals surface area contributed by atoms with E-state index in [4.69, 9.17) is 4.74 Å². The van der Waals surface area contributed by atoms with E-state index in [1.165, 1.54) is 5.56 Å². The van der Waals surface area contributed by atoms with Crippen molar-refractivity contribution >= 4 is 11.9 Å². The van der Waals surface area contributed by atoms with Crippen molar-refractivity contribution in [2.75, 3.05) is 6.54 Å². The molecule has 0 N–H and O–H groups in total. The largest absolute Gasteiger partial charge is 0.445 e. The zero-order valence-electron chi connectivity index (χ0n) is 15.5. The van der Waals surface area contributed by atoms with E-state index in [-0.39, 0.29) is 30.4 Å². The number of Topliss-reactive ketones (excluding diaryl/α,β-unsaturated/α-hetero) is 1. The van der Waals surface area contributed by atoms with Gasteiger partial charge in [0.15, 0.2) is 0 Å². The smallest absolute Gasteiger partial charge is 0.410 e. The Morgan fingerprint density at radius 1 is 1.00 bits per heavy atom. The first-order chi connectivity index (χ1) is 13.2. The number of fused-ring (bicyclic) bond motifs is 1. The highest BCUT2D eigenvalue weighted by Crippen LogP contribution is 2.40. The van der Waals surface area contributed by atoms with Gasteiger partial charge in [0, 0.05) is 18.9 Å². The lowest BCUT2D eigenvalue weighted by Crippen LogP contribution is -2.45. The average molecular weight is 363 g/mol. The normalized spacial score (nSPS) is 22.2. The highest BCUT2D eigenvalue weighted by Gasteiger charge is 2.40. The molecule has 0 radical (unpaired) electrons. The summed E-state index contributed by atoms with van der Waals surface area (Å²) >= 11 is 0. The minimum absolute atomic E-state index is 0.121. The molecular formula is C23H25NO3. The quantitative estimate of drug-likeness (QED) is 0.795. The summed E-state index contributed by atoms with van der Waals surface area (Å²) in [5, 5.41) is 0. The maximum atomic E-state index is 12.9. The van der Waals surface area contributed by atoms with E-state index >= 15 is 0 Å². The third-order valence-corrected chi connectivity index (χ3v) is 5.75. The number of carbonyl (C=O) groups is 2. The summed E-state index contributed by atoms with van der Waals surface area (Å²) in [4.78, 5) is 27.4. The molecule has 0 aromatic heterocycles. The van der Waals surface area contributed by atoms with Crippen LogP contribution < -0.4 is 0 Å². The molecule has 1 heterocycles. The summed E-state index contributed by atoms with van der Waals surface area (Å²) in [5.41, 5.74) is 3.32. The molecule has 2 aromatic carbocycles.